The molecule has 3 aromatic rings. The Kier molecular flexibility index (Phi) is 4.38. The molecule has 0 bridgehead atoms. The SMILES string of the molecule is CC(=O)Nc1ccc(N=Cc2ccc(-c3nc(C(=O)O)n[nH]3)o2)cc1. The van der Waals surface area contributed by atoms with E-state index in [4.69, 9.17) is 9.52 Å². The van der Waals surface area contributed by atoms with Gasteiger partial charge in [-0.15, -0.1) is 5.10 Å². The molecule has 0 spiro atoms. The molecule has 0 saturated carbocycles. The molecule has 0 unspecified atom stereocenters. The largest absolute Gasteiger partial charge is 0.475 e. The highest BCUT2D eigenvalue weighted by molar-refractivity contribution is 5.89. The maximum absolute atomic E-state index is 11.0. The molecule has 126 valence electrons. The zero-order valence-corrected chi connectivity index (χ0v) is 13.1. The fourth-order valence-corrected chi connectivity index (χ4v) is 1.99. The van der Waals surface area contributed by atoms with Crippen molar-refractivity contribution >= 4 is 29.5 Å². The van der Waals surface area contributed by atoms with E-state index in [2.05, 4.69) is 25.5 Å². The van der Waals surface area contributed by atoms with E-state index in [1.807, 2.05) is 0 Å². The third kappa shape index (κ3) is 3.96. The standard InChI is InChI=1S/C16H13N5O4/c1-9(22)18-11-4-2-10(3-5-11)17-8-12-6-7-13(25-12)14-19-15(16(23)24)21-20-14/h2-8H,1H3,(H,18,22)(H,23,24)(H,19,20,21). The number of aliphatic imine (C=N–C) groups is 1. The van der Waals surface area contributed by atoms with Crippen LogP contribution in [0.4, 0.5) is 11.4 Å². The van der Waals surface area contributed by atoms with Crippen LogP contribution in [0.15, 0.2) is 45.8 Å². The minimum absolute atomic E-state index is 0.141. The lowest BCUT2D eigenvalue weighted by Crippen LogP contribution is -2.04. The molecule has 9 nitrogen and oxygen atoms in total. The van der Waals surface area contributed by atoms with Gasteiger partial charge in [0.1, 0.15) is 5.76 Å². The minimum atomic E-state index is -1.22. The predicted molar refractivity (Wildman–Crippen MR) is 89.0 cm³/mol. The summed E-state index contributed by atoms with van der Waals surface area (Å²) in [6.45, 7) is 1.44. The third-order valence-corrected chi connectivity index (χ3v) is 3.07. The van der Waals surface area contributed by atoms with Crippen LogP contribution in [0, 0.1) is 0 Å². The Labute approximate surface area is 141 Å². The fraction of sp³-hybridized carbons (Fsp3) is 0.0625. The molecule has 25 heavy (non-hydrogen) atoms. The Morgan fingerprint density at radius 3 is 2.64 bits per heavy atom. The molecule has 3 N–H and O–H groups in total. The molecular formula is C16H13N5O4. The highest BCUT2D eigenvalue weighted by Gasteiger charge is 2.13. The zero-order chi connectivity index (χ0) is 17.8. The number of carboxylic acid groups (broad SMARTS) is 1. The van der Waals surface area contributed by atoms with Crippen LogP contribution in [0.2, 0.25) is 0 Å². The number of hydrogen-bond acceptors (Lipinski definition) is 6. The minimum Gasteiger partial charge on any atom is -0.475 e. The lowest BCUT2D eigenvalue weighted by Gasteiger charge is -2.01. The molecule has 0 aliphatic rings. The molecule has 0 aliphatic heterocycles. The van der Waals surface area contributed by atoms with Crippen molar-refractivity contribution in [3.63, 3.8) is 0 Å². The number of furan rings is 1. The highest BCUT2D eigenvalue weighted by Crippen LogP contribution is 2.19. The molecule has 0 aliphatic carbocycles. The van der Waals surface area contributed by atoms with Crippen molar-refractivity contribution in [1.29, 1.82) is 0 Å². The second-order valence-electron chi connectivity index (χ2n) is 5.00. The van der Waals surface area contributed by atoms with Crippen LogP contribution in [0.3, 0.4) is 0 Å². The van der Waals surface area contributed by atoms with Crippen LogP contribution in [0.5, 0.6) is 0 Å². The third-order valence-electron chi connectivity index (χ3n) is 3.07. The van der Waals surface area contributed by atoms with Gasteiger partial charge in [-0.2, -0.15) is 4.98 Å². The average Bonchev–Trinajstić information content (AvgIpc) is 3.23. The molecule has 0 fully saturated rings. The van der Waals surface area contributed by atoms with Gasteiger partial charge in [-0.05, 0) is 36.4 Å². The summed E-state index contributed by atoms with van der Waals surface area (Å²) in [7, 11) is 0. The van der Waals surface area contributed by atoms with Gasteiger partial charge < -0.3 is 14.8 Å². The Morgan fingerprint density at radius 1 is 1.24 bits per heavy atom. The van der Waals surface area contributed by atoms with Gasteiger partial charge in [-0.1, -0.05) is 0 Å². The quantitative estimate of drug-likeness (QED) is 0.611. The van der Waals surface area contributed by atoms with E-state index in [-0.39, 0.29) is 17.6 Å². The molecule has 1 amide bonds. The first-order chi connectivity index (χ1) is 12.0. The second-order valence-corrected chi connectivity index (χ2v) is 5.00. The maximum Gasteiger partial charge on any atom is 0.375 e. The number of nitrogens with one attached hydrogen (secondary N) is 2. The van der Waals surface area contributed by atoms with E-state index in [0.29, 0.717) is 22.9 Å². The van der Waals surface area contributed by atoms with Gasteiger partial charge in [-0.25, -0.2) is 4.79 Å². The monoisotopic (exact) mass is 339 g/mol. The van der Waals surface area contributed by atoms with Crippen molar-refractivity contribution < 1.29 is 19.1 Å². The van der Waals surface area contributed by atoms with Crippen molar-refractivity contribution in [2.24, 2.45) is 4.99 Å². The number of nitrogens with zero attached hydrogens (tertiary/aromatic N) is 3. The van der Waals surface area contributed by atoms with E-state index in [1.165, 1.54) is 13.1 Å². The van der Waals surface area contributed by atoms with Gasteiger partial charge in [-0.3, -0.25) is 14.9 Å². The average molecular weight is 339 g/mol. The summed E-state index contributed by atoms with van der Waals surface area (Å²) in [5.41, 5.74) is 1.37. The van der Waals surface area contributed by atoms with E-state index in [1.54, 1.807) is 36.4 Å². The Hall–Kier alpha value is -3.75. The van der Waals surface area contributed by atoms with E-state index < -0.39 is 5.97 Å². The summed E-state index contributed by atoms with van der Waals surface area (Å²) in [5, 5.41) is 17.5. The first-order valence-electron chi connectivity index (χ1n) is 7.19. The lowest BCUT2D eigenvalue weighted by molar-refractivity contribution is -0.114. The van der Waals surface area contributed by atoms with Crippen LogP contribution >= 0.6 is 0 Å². The topological polar surface area (TPSA) is 133 Å². The van der Waals surface area contributed by atoms with Crippen LogP contribution in [0.25, 0.3) is 11.6 Å². The number of H-pyrrole nitrogens is 1. The lowest BCUT2D eigenvalue weighted by atomic mass is 10.3. The summed E-state index contributed by atoms with van der Waals surface area (Å²) in [5.74, 6) is -0.661. The predicted octanol–water partition coefficient (Wildman–Crippen LogP) is 2.47. The van der Waals surface area contributed by atoms with E-state index in [9.17, 15) is 9.59 Å². The van der Waals surface area contributed by atoms with Gasteiger partial charge in [0.2, 0.25) is 5.91 Å². The smallest absolute Gasteiger partial charge is 0.375 e. The number of rotatable bonds is 5. The van der Waals surface area contributed by atoms with Crippen LogP contribution in [-0.4, -0.2) is 38.4 Å². The normalized spacial score (nSPS) is 10.9. The molecule has 0 saturated heterocycles. The number of benzene rings is 1. The van der Waals surface area contributed by atoms with E-state index in [0.717, 1.165) is 0 Å². The number of carboxylic acids is 1. The molecule has 9 heteroatoms. The van der Waals surface area contributed by atoms with Gasteiger partial charge in [0.05, 0.1) is 11.9 Å². The van der Waals surface area contributed by atoms with Gasteiger partial charge in [0, 0.05) is 12.6 Å². The van der Waals surface area contributed by atoms with Gasteiger partial charge in [0.25, 0.3) is 5.82 Å². The van der Waals surface area contributed by atoms with Crippen molar-refractivity contribution in [3.05, 3.63) is 48.0 Å². The van der Waals surface area contributed by atoms with Crippen LogP contribution < -0.4 is 5.32 Å². The molecule has 0 radical (unpaired) electrons. The summed E-state index contributed by atoms with van der Waals surface area (Å²) in [6.07, 6.45) is 1.52. The Morgan fingerprint density at radius 2 is 2.00 bits per heavy atom. The number of aromatic nitrogens is 3. The summed E-state index contributed by atoms with van der Waals surface area (Å²) >= 11 is 0. The maximum atomic E-state index is 11.0. The first-order valence-corrected chi connectivity index (χ1v) is 7.19. The summed E-state index contributed by atoms with van der Waals surface area (Å²) in [4.78, 5) is 29.8. The number of amides is 1. The van der Waals surface area contributed by atoms with Crippen LogP contribution in [0.1, 0.15) is 23.3 Å². The number of anilines is 1. The van der Waals surface area contributed by atoms with E-state index >= 15 is 0 Å². The molecular weight excluding hydrogens is 326 g/mol. The number of hydrogen-bond donors (Lipinski definition) is 3. The van der Waals surface area contributed by atoms with Gasteiger partial charge >= 0.3 is 5.97 Å². The first kappa shape index (κ1) is 16.1. The highest BCUT2D eigenvalue weighted by atomic mass is 16.4. The number of aromatic amines is 1. The summed E-state index contributed by atoms with van der Waals surface area (Å²) in [6, 6.07) is 10.3. The fourth-order valence-electron chi connectivity index (χ4n) is 1.99. The van der Waals surface area contributed by atoms with Crippen molar-refractivity contribution in [2.75, 3.05) is 5.32 Å². The zero-order valence-electron chi connectivity index (χ0n) is 13.1. The van der Waals surface area contributed by atoms with Crippen molar-refractivity contribution in [2.45, 2.75) is 6.92 Å². The van der Waals surface area contributed by atoms with Crippen molar-refractivity contribution in [1.82, 2.24) is 15.2 Å². The summed E-state index contributed by atoms with van der Waals surface area (Å²) < 4.78 is 5.53. The Balaban J connectivity index is 1.71. The molecule has 0 atom stereocenters. The molecule has 1 aromatic carbocycles. The Bertz CT molecular complexity index is 940. The second kappa shape index (κ2) is 6.79. The number of carbonyl (C=O) groups is 2. The molecule has 2 aromatic heterocycles. The number of carbonyl (C=O) groups excluding carboxylic acids is 1. The van der Waals surface area contributed by atoms with Crippen molar-refractivity contribution in [3.8, 4) is 11.6 Å². The number of aromatic carboxylic acids is 1. The molecule has 3 rings (SSSR count). The molecule has 2 heterocycles. The van der Waals surface area contributed by atoms with Gasteiger partial charge in [0.15, 0.2) is 11.6 Å². The van der Waals surface area contributed by atoms with Crippen LogP contribution in [-0.2, 0) is 4.79 Å².